The van der Waals surface area contributed by atoms with Gasteiger partial charge in [0.25, 0.3) is 0 Å². The lowest BCUT2D eigenvalue weighted by Gasteiger charge is -2.16. The summed E-state index contributed by atoms with van der Waals surface area (Å²) in [6, 6.07) is 0.374. The zero-order chi connectivity index (χ0) is 16.3. The first-order chi connectivity index (χ1) is 10.5. The number of aryl methyl sites for hydroxylation is 1. The van der Waals surface area contributed by atoms with Crippen LogP contribution in [0, 0.1) is 12.8 Å². The summed E-state index contributed by atoms with van der Waals surface area (Å²) in [5.41, 5.74) is 7.71. The molecule has 1 aromatic heterocycles. The Hall–Kier alpha value is -1.82. The molecule has 0 spiro atoms. The van der Waals surface area contributed by atoms with E-state index in [4.69, 9.17) is 5.73 Å². The van der Waals surface area contributed by atoms with Crippen molar-refractivity contribution in [1.82, 2.24) is 9.97 Å². The molecule has 0 bridgehead atoms. The predicted molar refractivity (Wildman–Crippen MR) is 96.4 cm³/mol. The van der Waals surface area contributed by atoms with E-state index in [2.05, 4.69) is 40.4 Å². The van der Waals surface area contributed by atoms with E-state index >= 15 is 0 Å². The van der Waals surface area contributed by atoms with Crippen molar-refractivity contribution < 1.29 is 0 Å². The third kappa shape index (κ3) is 3.88. The van der Waals surface area contributed by atoms with Crippen molar-refractivity contribution in [1.29, 1.82) is 0 Å². The third-order valence-electron chi connectivity index (χ3n) is 3.68. The van der Waals surface area contributed by atoms with Crippen LogP contribution in [0.2, 0.25) is 0 Å². The van der Waals surface area contributed by atoms with E-state index < -0.39 is 0 Å². The van der Waals surface area contributed by atoms with E-state index in [-0.39, 0.29) is 0 Å². The molecule has 0 amide bonds. The standard InChI is InChI=1S/C16H23N5S/c1-6-9(2)22-15(18-5)13-11(4)20-16(21-14(13)17)19-10(3)12-7-8-12/h6,10,12H,1-2,7-8H2,3-5H3,(H3,17,19,20,21)/t10-/m1/s1. The number of allylic oxidation sites excluding steroid dienone is 1. The monoisotopic (exact) mass is 317 g/mol. The van der Waals surface area contributed by atoms with Crippen LogP contribution >= 0.6 is 11.8 Å². The number of hydrogen-bond acceptors (Lipinski definition) is 6. The number of rotatable bonds is 6. The molecule has 1 aromatic rings. The number of nitrogens with one attached hydrogen (secondary N) is 1. The van der Waals surface area contributed by atoms with Gasteiger partial charge in [0.15, 0.2) is 0 Å². The van der Waals surface area contributed by atoms with Crippen LogP contribution in [0.15, 0.2) is 29.1 Å². The molecule has 118 valence electrons. The van der Waals surface area contributed by atoms with Gasteiger partial charge < -0.3 is 11.1 Å². The predicted octanol–water partition coefficient (Wildman–Crippen LogP) is 3.39. The molecule has 2 rings (SSSR count). The number of nitrogens with zero attached hydrogens (tertiary/aromatic N) is 3. The summed E-state index contributed by atoms with van der Waals surface area (Å²) in [7, 11) is 1.72. The van der Waals surface area contributed by atoms with Crippen molar-refractivity contribution in [2.75, 3.05) is 18.1 Å². The highest BCUT2D eigenvalue weighted by Gasteiger charge is 2.28. The van der Waals surface area contributed by atoms with Gasteiger partial charge in [-0.05, 0) is 32.6 Å². The highest BCUT2D eigenvalue weighted by molar-refractivity contribution is 8.17. The average Bonchev–Trinajstić information content (AvgIpc) is 3.29. The molecule has 0 saturated heterocycles. The number of hydrogen-bond donors (Lipinski definition) is 2. The molecule has 1 heterocycles. The Morgan fingerprint density at radius 3 is 2.68 bits per heavy atom. The molecule has 3 N–H and O–H groups in total. The molecule has 0 aliphatic heterocycles. The Morgan fingerprint density at radius 1 is 1.50 bits per heavy atom. The van der Waals surface area contributed by atoms with Crippen LogP contribution in [0.1, 0.15) is 31.0 Å². The van der Waals surface area contributed by atoms with E-state index in [0.29, 0.717) is 17.8 Å². The molecule has 1 fully saturated rings. The first kappa shape index (κ1) is 16.5. The summed E-state index contributed by atoms with van der Waals surface area (Å²) in [6.07, 6.45) is 4.23. The summed E-state index contributed by atoms with van der Waals surface area (Å²) in [5, 5.41) is 4.09. The van der Waals surface area contributed by atoms with Gasteiger partial charge in [0.2, 0.25) is 5.95 Å². The van der Waals surface area contributed by atoms with Gasteiger partial charge in [-0.25, -0.2) is 4.98 Å². The van der Waals surface area contributed by atoms with Gasteiger partial charge in [-0.1, -0.05) is 31.0 Å². The number of aliphatic imine (C=N–C) groups is 1. The molecule has 0 aromatic carbocycles. The average molecular weight is 317 g/mol. The molecular weight excluding hydrogens is 294 g/mol. The highest BCUT2D eigenvalue weighted by Crippen LogP contribution is 2.34. The van der Waals surface area contributed by atoms with Crippen molar-refractivity contribution >= 4 is 28.6 Å². The van der Waals surface area contributed by atoms with Gasteiger partial charge in [-0.3, -0.25) is 4.99 Å². The number of thioether (sulfide) groups is 1. The fourth-order valence-corrected chi connectivity index (χ4v) is 2.99. The first-order valence-corrected chi connectivity index (χ1v) is 8.14. The van der Waals surface area contributed by atoms with E-state index in [1.54, 1.807) is 13.1 Å². The number of aromatic nitrogens is 2. The fraction of sp³-hybridized carbons (Fsp3) is 0.438. The number of nitrogens with two attached hydrogens (primary N) is 1. The van der Waals surface area contributed by atoms with Gasteiger partial charge >= 0.3 is 0 Å². The van der Waals surface area contributed by atoms with Crippen LogP contribution in [-0.4, -0.2) is 28.1 Å². The van der Waals surface area contributed by atoms with Crippen LogP contribution in [0.3, 0.4) is 0 Å². The van der Waals surface area contributed by atoms with Crippen LogP contribution in [0.25, 0.3) is 0 Å². The highest BCUT2D eigenvalue weighted by atomic mass is 32.2. The maximum Gasteiger partial charge on any atom is 0.225 e. The summed E-state index contributed by atoms with van der Waals surface area (Å²) < 4.78 is 0. The molecule has 1 aliphatic carbocycles. The minimum atomic E-state index is 0.374. The Balaban J connectivity index is 2.25. The lowest BCUT2D eigenvalue weighted by Crippen LogP contribution is -2.20. The second-order valence-electron chi connectivity index (χ2n) is 5.46. The van der Waals surface area contributed by atoms with E-state index in [1.807, 2.05) is 6.92 Å². The first-order valence-electron chi connectivity index (χ1n) is 7.33. The Labute approximate surface area is 136 Å². The second-order valence-corrected chi connectivity index (χ2v) is 6.58. The molecular formula is C16H23N5S. The summed E-state index contributed by atoms with van der Waals surface area (Å²) >= 11 is 1.42. The maximum atomic E-state index is 6.14. The number of anilines is 2. The second kappa shape index (κ2) is 6.96. The number of nitrogen functional groups attached to an aromatic ring is 1. The summed E-state index contributed by atoms with van der Waals surface area (Å²) in [4.78, 5) is 14.0. The van der Waals surface area contributed by atoms with Gasteiger partial charge in [-0.2, -0.15) is 4.98 Å². The molecule has 5 nitrogen and oxygen atoms in total. The van der Waals surface area contributed by atoms with Crippen LogP contribution in [0.4, 0.5) is 11.8 Å². The summed E-state index contributed by atoms with van der Waals surface area (Å²) in [6.45, 7) is 11.7. The Bertz CT molecular complexity index is 596. The fourth-order valence-electron chi connectivity index (χ4n) is 2.22. The van der Waals surface area contributed by atoms with Crippen molar-refractivity contribution in [3.8, 4) is 0 Å². The SMILES string of the molecule is C=CC(=C)SC(=NC)c1c(C)nc(N[C@H](C)C2CC2)nc1N. The van der Waals surface area contributed by atoms with Gasteiger partial charge in [0.1, 0.15) is 10.9 Å². The van der Waals surface area contributed by atoms with Crippen molar-refractivity contribution in [2.24, 2.45) is 10.9 Å². The normalized spacial score (nSPS) is 16.2. The lowest BCUT2D eigenvalue weighted by atomic mass is 10.2. The zero-order valence-electron chi connectivity index (χ0n) is 13.4. The maximum absolute atomic E-state index is 6.14. The topological polar surface area (TPSA) is 76.2 Å². The zero-order valence-corrected chi connectivity index (χ0v) is 14.2. The van der Waals surface area contributed by atoms with Crippen molar-refractivity contribution in [3.05, 3.63) is 35.4 Å². The van der Waals surface area contributed by atoms with Crippen LogP contribution in [-0.2, 0) is 0 Å². The van der Waals surface area contributed by atoms with E-state index in [1.165, 1.54) is 24.6 Å². The molecule has 0 radical (unpaired) electrons. The molecule has 1 atom stereocenters. The van der Waals surface area contributed by atoms with Gasteiger partial charge in [0.05, 0.1) is 11.3 Å². The van der Waals surface area contributed by atoms with E-state index in [0.717, 1.165) is 27.1 Å². The van der Waals surface area contributed by atoms with Crippen LogP contribution < -0.4 is 11.1 Å². The van der Waals surface area contributed by atoms with Crippen molar-refractivity contribution in [3.63, 3.8) is 0 Å². The van der Waals surface area contributed by atoms with Crippen LogP contribution in [0.5, 0.6) is 0 Å². The molecule has 1 saturated carbocycles. The molecule has 0 unspecified atom stereocenters. The smallest absolute Gasteiger partial charge is 0.225 e. The Morgan fingerprint density at radius 2 is 2.18 bits per heavy atom. The quantitative estimate of drug-likeness (QED) is 0.478. The minimum absolute atomic E-state index is 0.374. The molecule has 1 aliphatic rings. The van der Waals surface area contributed by atoms with E-state index in [9.17, 15) is 0 Å². The summed E-state index contributed by atoms with van der Waals surface area (Å²) in [5.74, 6) is 1.74. The van der Waals surface area contributed by atoms with Crippen molar-refractivity contribution in [2.45, 2.75) is 32.7 Å². The molecule has 22 heavy (non-hydrogen) atoms. The van der Waals surface area contributed by atoms with Gasteiger partial charge in [0, 0.05) is 18.0 Å². The Kier molecular flexibility index (Phi) is 5.24. The minimum Gasteiger partial charge on any atom is -0.383 e. The largest absolute Gasteiger partial charge is 0.383 e. The molecule has 6 heteroatoms. The third-order valence-corrected chi connectivity index (χ3v) is 4.69. The van der Waals surface area contributed by atoms with Gasteiger partial charge in [-0.15, -0.1) is 0 Å². The lowest BCUT2D eigenvalue weighted by molar-refractivity contribution is 0.686.